The minimum absolute atomic E-state index is 0.0540. The summed E-state index contributed by atoms with van der Waals surface area (Å²) in [7, 11) is 2.89. The Morgan fingerprint density at radius 3 is 2.16 bits per heavy atom. The molecule has 0 aliphatic carbocycles. The van der Waals surface area contributed by atoms with Gasteiger partial charge in [0.15, 0.2) is 23.0 Å². The third-order valence-electron chi connectivity index (χ3n) is 7.22. The van der Waals surface area contributed by atoms with Gasteiger partial charge in [-0.2, -0.15) is 0 Å². The van der Waals surface area contributed by atoms with Crippen molar-refractivity contribution in [1.82, 2.24) is 10.6 Å². The number of hydrogen-bond donors (Lipinski definition) is 4. The van der Waals surface area contributed by atoms with Gasteiger partial charge in [0.1, 0.15) is 0 Å². The number of carbonyl (C=O) groups is 2. The van der Waals surface area contributed by atoms with Crippen molar-refractivity contribution in [3.05, 3.63) is 59.2 Å². The second-order valence-electron chi connectivity index (χ2n) is 11.7. The van der Waals surface area contributed by atoms with Gasteiger partial charge < -0.3 is 30.3 Å². The van der Waals surface area contributed by atoms with Crippen LogP contribution in [0.4, 0.5) is 0 Å². The first-order valence-corrected chi connectivity index (χ1v) is 15.7. The lowest BCUT2D eigenvalue weighted by molar-refractivity contribution is -0.122. The summed E-state index contributed by atoms with van der Waals surface area (Å²) in [5, 5.41) is 27.7. The summed E-state index contributed by atoms with van der Waals surface area (Å²) in [6, 6.07) is 6.61. The number of phenolic OH excluding ortho intramolecular Hbond substituents is 2. The van der Waals surface area contributed by atoms with Crippen molar-refractivity contribution in [1.29, 1.82) is 0 Å². The molecule has 2 rings (SSSR count). The Morgan fingerprint density at radius 1 is 0.864 bits per heavy atom. The predicted octanol–water partition coefficient (Wildman–Crippen LogP) is 7.70. The molecule has 4 N–H and O–H groups in total. The van der Waals surface area contributed by atoms with E-state index in [1.807, 2.05) is 0 Å². The van der Waals surface area contributed by atoms with Crippen LogP contribution in [0, 0.1) is 5.92 Å². The van der Waals surface area contributed by atoms with Gasteiger partial charge in [-0.05, 0) is 87.6 Å². The first-order valence-electron chi connectivity index (χ1n) is 15.7. The molecule has 8 heteroatoms. The number of aromatic hydroxyl groups is 2. The quantitative estimate of drug-likeness (QED) is 0.0959. The summed E-state index contributed by atoms with van der Waals surface area (Å²) in [5.74, 6) is 0.552. The summed E-state index contributed by atoms with van der Waals surface area (Å²) in [6.07, 6.45) is 13.9. The number of ether oxygens (including phenoxy) is 2. The van der Waals surface area contributed by atoms with Crippen LogP contribution in [0.2, 0.25) is 0 Å². The van der Waals surface area contributed by atoms with E-state index < -0.39 is 0 Å². The zero-order chi connectivity index (χ0) is 32.5. The highest BCUT2D eigenvalue weighted by molar-refractivity contribution is 5.84. The van der Waals surface area contributed by atoms with Crippen LogP contribution in [0.25, 0.3) is 11.1 Å². The fraction of sp³-hybridized carbons (Fsp3) is 0.500. The molecule has 0 aliphatic rings. The van der Waals surface area contributed by atoms with Gasteiger partial charge in [0.25, 0.3) is 0 Å². The topological polar surface area (TPSA) is 117 Å². The van der Waals surface area contributed by atoms with E-state index in [-0.39, 0.29) is 47.9 Å². The highest BCUT2D eigenvalue weighted by Crippen LogP contribution is 2.47. The molecule has 0 fully saturated rings. The maximum absolute atomic E-state index is 12.6. The maximum atomic E-state index is 12.6. The van der Waals surface area contributed by atoms with Gasteiger partial charge in [0.2, 0.25) is 11.8 Å². The lowest BCUT2D eigenvalue weighted by Crippen LogP contribution is -2.23. The number of amides is 2. The largest absolute Gasteiger partial charge is 0.504 e. The second-order valence-corrected chi connectivity index (χ2v) is 11.7. The van der Waals surface area contributed by atoms with Crippen LogP contribution < -0.4 is 20.1 Å². The summed E-state index contributed by atoms with van der Waals surface area (Å²) in [6.45, 7) is 8.86. The monoisotopic (exact) mass is 608 g/mol. The summed E-state index contributed by atoms with van der Waals surface area (Å²) >= 11 is 0. The molecule has 44 heavy (non-hydrogen) atoms. The van der Waals surface area contributed by atoms with Gasteiger partial charge in [-0.3, -0.25) is 9.59 Å². The van der Waals surface area contributed by atoms with Crippen LogP contribution in [-0.4, -0.2) is 36.2 Å². The Morgan fingerprint density at radius 2 is 1.52 bits per heavy atom. The molecule has 242 valence electrons. The second kappa shape index (κ2) is 19.4. The zero-order valence-corrected chi connectivity index (χ0v) is 27.4. The van der Waals surface area contributed by atoms with Gasteiger partial charge in [-0.1, -0.05) is 50.1 Å². The molecule has 0 atom stereocenters. The minimum Gasteiger partial charge on any atom is -0.504 e. The third-order valence-corrected chi connectivity index (χ3v) is 7.22. The Labute approximate surface area is 263 Å². The molecule has 0 aliphatic heterocycles. The van der Waals surface area contributed by atoms with Crippen LogP contribution in [0.15, 0.2) is 48.1 Å². The number of nitrogens with one attached hydrogen (secondary N) is 2. The summed E-state index contributed by atoms with van der Waals surface area (Å²) in [4.78, 5) is 25.2. The number of unbranched alkanes of at least 4 members (excludes halogenated alkanes) is 5. The van der Waals surface area contributed by atoms with Crippen molar-refractivity contribution in [2.75, 3.05) is 14.2 Å². The van der Waals surface area contributed by atoms with Crippen molar-refractivity contribution in [3.63, 3.8) is 0 Å². The third kappa shape index (κ3) is 12.3. The number of carbonyl (C=O) groups excluding carboxylic acids is 2. The van der Waals surface area contributed by atoms with Gasteiger partial charge in [0, 0.05) is 37.1 Å². The number of rotatable bonds is 19. The average Bonchev–Trinajstić information content (AvgIpc) is 2.98. The predicted molar refractivity (Wildman–Crippen MR) is 177 cm³/mol. The van der Waals surface area contributed by atoms with Gasteiger partial charge in [-0.25, -0.2) is 0 Å². The SMILES string of the molecule is COc1cc(CNC(=O)CCCC/C=C/C(C)C)cc(-c2c(CNC(=O)CCCCCC=C(C)C)ccc(O)c2OC)c1O. The number of allylic oxidation sites excluding steroid dienone is 4. The van der Waals surface area contributed by atoms with Crippen LogP contribution >= 0.6 is 0 Å². The van der Waals surface area contributed by atoms with Gasteiger partial charge in [-0.15, -0.1) is 0 Å². The fourth-order valence-corrected chi connectivity index (χ4v) is 4.86. The standard InChI is InChI=1S/C36H52N2O6/c1-25(2)15-11-7-9-13-17-32(40)37-23-27-21-29(35(42)31(22-27)43-5)34-28(19-20-30(39)36(34)44-6)24-38-33(41)18-14-10-8-12-16-26(3)4/h11,15-16,19-22,25,39,42H,7-10,12-14,17-18,23-24H2,1-6H3,(H,37,40)(H,38,41)/b15-11+. The van der Waals surface area contributed by atoms with E-state index in [1.54, 1.807) is 18.2 Å². The minimum atomic E-state index is -0.134. The molecule has 2 amide bonds. The normalized spacial score (nSPS) is 11.1. The molecule has 0 bridgehead atoms. The Bertz CT molecular complexity index is 1280. The van der Waals surface area contributed by atoms with Crippen LogP contribution in [0.5, 0.6) is 23.0 Å². The smallest absolute Gasteiger partial charge is 0.220 e. The number of methoxy groups -OCH3 is 2. The van der Waals surface area contributed by atoms with Crippen molar-refractivity contribution in [2.24, 2.45) is 5.92 Å². The molecular weight excluding hydrogens is 556 g/mol. The van der Waals surface area contributed by atoms with Crippen LogP contribution in [-0.2, 0) is 22.7 Å². The maximum Gasteiger partial charge on any atom is 0.220 e. The molecule has 0 spiro atoms. The van der Waals surface area contributed by atoms with E-state index in [9.17, 15) is 19.8 Å². The van der Waals surface area contributed by atoms with E-state index in [0.717, 1.165) is 44.9 Å². The van der Waals surface area contributed by atoms with E-state index in [2.05, 4.69) is 56.6 Å². The molecular formula is C36H52N2O6. The van der Waals surface area contributed by atoms with Crippen molar-refractivity contribution in [2.45, 2.75) is 98.6 Å². The molecule has 0 aromatic heterocycles. The number of phenols is 2. The molecule has 0 radical (unpaired) electrons. The fourth-order valence-electron chi connectivity index (χ4n) is 4.86. The molecule has 0 saturated carbocycles. The molecule has 0 saturated heterocycles. The number of hydrogen-bond acceptors (Lipinski definition) is 6. The Hall–Kier alpha value is -3.94. The van der Waals surface area contributed by atoms with Gasteiger partial charge >= 0.3 is 0 Å². The zero-order valence-electron chi connectivity index (χ0n) is 27.4. The highest BCUT2D eigenvalue weighted by Gasteiger charge is 2.22. The molecule has 2 aromatic carbocycles. The molecule has 0 unspecified atom stereocenters. The van der Waals surface area contributed by atoms with E-state index >= 15 is 0 Å². The average molecular weight is 609 g/mol. The summed E-state index contributed by atoms with van der Waals surface area (Å²) < 4.78 is 11.0. The first kappa shape index (κ1) is 36.3. The molecule has 0 heterocycles. The van der Waals surface area contributed by atoms with Crippen LogP contribution in [0.3, 0.4) is 0 Å². The van der Waals surface area contributed by atoms with Crippen LogP contribution in [0.1, 0.15) is 96.6 Å². The summed E-state index contributed by atoms with van der Waals surface area (Å²) in [5.41, 5.74) is 3.46. The molecule has 8 nitrogen and oxygen atoms in total. The van der Waals surface area contributed by atoms with Crippen molar-refractivity contribution >= 4 is 11.8 Å². The first-order chi connectivity index (χ1) is 21.1. The lowest BCUT2D eigenvalue weighted by Gasteiger charge is -2.19. The van der Waals surface area contributed by atoms with Gasteiger partial charge in [0.05, 0.1) is 14.2 Å². The van der Waals surface area contributed by atoms with Crippen molar-refractivity contribution in [3.8, 4) is 34.1 Å². The van der Waals surface area contributed by atoms with E-state index in [4.69, 9.17) is 9.47 Å². The highest BCUT2D eigenvalue weighted by atomic mass is 16.5. The lowest BCUT2D eigenvalue weighted by atomic mass is 9.94. The van der Waals surface area contributed by atoms with Crippen molar-refractivity contribution < 1.29 is 29.3 Å². The van der Waals surface area contributed by atoms with E-state index in [0.29, 0.717) is 41.0 Å². The Balaban J connectivity index is 2.16. The number of benzene rings is 2. The Kier molecular flexibility index (Phi) is 16.0. The molecule has 2 aromatic rings. The van der Waals surface area contributed by atoms with E-state index in [1.165, 1.54) is 25.9 Å².